The molecule has 0 unspecified atom stereocenters. The van der Waals surface area contributed by atoms with Crippen LogP contribution in [0.1, 0.15) is 19.3 Å². The molecule has 0 aliphatic carbocycles. The number of rotatable bonds is 10. The summed E-state index contributed by atoms with van der Waals surface area (Å²) < 4.78 is 47.4. The molecule has 0 spiro atoms. The van der Waals surface area contributed by atoms with Gasteiger partial charge in [0.25, 0.3) is 10.0 Å². The second kappa shape index (κ2) is 12.4. The molecule has 208 valence electrons. The van der Waals surface area contributed by atoms with Crippen LogP contribution in [-0.4, -0.2) is 50.0 Å². The summed E-state index contributed by atoms with van der Waals surface area (Å²) in [5.41, 5.74) is 2.70. The highest BCUT2D eigenvalue weighted by atomic mass is 32.2. The van der Waals surface area contributed by atoms with Gasteiger partial charge in [-0.25, -0.2) is 22.8 Å². The third-order valence-electron chi connectivity index (χ3n) is 6.99. The lowest BCUT2D eigenvalue weighted by atomic mass is 9.94. The van der Waals surface area contributed by atoms with E-state index in [9.17, 15) is 12.8 Å². The molecular formula is C30H32FN5O3S. The molecule has 0 amide bonds. The first-order valence-corrected chi connectivity index (χ1v) is 14.7. The number of sulfonamides is 1. The number of benzene rings is 3. The quantitative estimate of drug-likeness (QED) is 0.247. The molecule has 2 N–H and O–H groups in total. The molecule has 0 atom stereocenters. The third-order valence-corrected chi connectivity index (χ3v) is 8.40. The van der Waals surface area contributed by atoms with E-state index in [1.165, 1.54) is 50.5 Å². The van der Waals surface area contributed by atoms with Crippen molar-refractivity contribution in [1.82, 2.24) is 14.9 Å². The zero-order chi connectivity index (χ0) is 28.0. The minimum Gasteiger partial charge on any atom is -0.494 e. The maximum atomic E-state index is 13.9. The zero-order valence-electron chi connectivity index (χ0n) is 22.3. The van der Waals surface area contributed by atoms with Gasteiger partial charge in [0.1, 0.15) is 28.6 Å². The fourth-order valence-corrected chi connectivity index (χ4v) is 5.78. The van der Waals surface area contributed by atoms with E-state index in [2.05, 4.69) is 32.0 Å². The third kappa shape index (κ3) is 7.13. The number of anilines is 3. The van der Waals surface area contributed by atoms with Gasteiger partial charge >= 0.3 is 0 Å². The van der Waals surface area contributed by atoms with Gasteiger partial charge in [0.15, 0.2) is 0 Å². The largest absolute Gasteiger partial charge is 0.494 e. The van der Waals surface area contributed by atoms with Crippen LogP contribution in [0.2, 0.25) is 0 Å². The standard InChI is InChI=1S/C30H32FN5O3S/c1-36-17-14-22(15-18-36)16-19-39-26-12-6-23(7-13-26)28-20-30(33-21-32-28)34-24-8-10-25(11-9-24)35-40(37,38)29-5-3-2-4-27(29)31/h2-13,20-22,35H,14-19H2,1H3,(H,32,33,34). The Labute approximate surface area is 234 Å². The number of nitrogens with one attached hydrogen (secondary N) is 2. The summed E-state index contributed by atoms with van der Waals surface area (Å²) in [6, 6.07) is 21.6. The zero-order valence-corrected chi connectivity index (χ0v) is 23.1. The molecule has 10 heteroatoms. The average Bonchev–Trinajstić information content (AvgIpc) is 2.96. The summed E-state index contributed by atoms with van der Waals surface area (Å²) in [7, 11) is -1.87. The van der Waals surface area contributed by atoms with Crippen LogP contribution in [0, 0.1) is 11.7 Å². The maximum absolute atomic E-state index is 13.9. The number of likely N-dealkylation sites (tertiary alicyclic amines) is 1. The van der Waals surface area contributed by atoms with Crippen LogP contribution in [0.4, 0.5) is 21.6 Å². The predicted octanol–water partition coefficient (Wildman–Crippen LogP) is 5.94. The smallest absolute Gasteiger partial charge is 0.264 e. The summed E-state index contributed by atoms with van der Waals surface area (Å²) in [4.78, 5) is 10.7. The Kier molecular flexibility index (Phi) is 8.57. The number of halogens is 1. The first kappa shape index (κ1) is 27.5. The monoisotopic (exact) mass is 561 g/mol. The van der Waals surface area contributed by atoms with E-state index >= 15 is 0 Å². The first-order valence-electron chi connectivity index (χ1n) is 13.2. The maximum Gasteiger partial charge on any atom is 0.264 e. The van der Waals surface area contributed by atoms with Crippen LogP contribution >= 0.6 is 0 Å². The van der Waals surface area contributed by atoms with E-state index in [1.54, 1.807) is 24.3 Å². The molecule has 4 aromatic rings. The van der Waals surface area contributed by atoms with Crippen molar-refractivity contribution < 1.29 is 17.5 Å². The number of hydrogen-bond donors (Lipinski definition) is 2. The van der Waals surface area contributed by atoms with E-state index in [0.717, 1.165) is 42.0 Å². The van der Waals surface area contributed by atoms with Crippen molar-refractivity contribution in [2.75, 3.05) is 36.8 Å². The average molecular weight is 562 g/mol. The summed E-state index contributed by atoms with van der Waals surface area (Å²) >= 11 is 0. The molecule has 5 rings (SSSR count). The summed E-state index contributed by atoms with van der Waals surface area (Å²) in [5, 5.41) is 3.20. The fourth-order valence-electron chi connectivity index (χ4n) is 4.64. The Morgan fingerprint density at radius 1 is 0.950 bits per heavy atom. The number of piperidine rings is 1. The number of ether oxygens (including phenoxy) is 1. The van der Waals surface area contributed by atoms with Crippen molar-refractivity contribution in [1.29, 1.82) is 0 Å². The molecule has 1 saturated heterocycles. The lowest BCUT2D eigenvalue weighted by Gasteiger charge is -2.28. The minimum absolute atomic E-state index is 0.311. The van der Waals surface area contributed by atoms with Crippen LogP contribution in [0.3, 0.4) is 0 Å². The van der Waals surface area contributed by atoms with Gasteiger partial charge in [-0.05, 0) is 106 Å². The van der Waals surface area contributed by atoms with Crippen molar-refractivity contribution >= 4 is 27.2 Å². The second-order valence-corrected chi connectivity index (χ2v) is 11.6. The van der Waals surface area contributed by atoms with Crippen LogP contribution in [-0.2, 0) is 10.0 Å². The van der Waals surface area contributed by atoms with E-state index in [0.29, 0.717) is 17.2 Å². The van der Waals surface area contributed by atoms with Gasteiger partial charge in [-0.3, -0.25) is 4.72 Å². The molecule has 1 aliphatic heterocycles. The lowest BCUT2D eigenvalue weighted by Crippen LogP contribution is -2.30. The normalized spacial score (nSPS) is 14.6. The van der Waals surface area contributed by atoms with E-state index in [4.69, 9.17) is 4.74 Å². The molecule has 1 aliphatic rings. The Balaban J connectivity index is 1.16. The lowest BCUT2D eigenvalue weighted by molar-refractivity contribution is 0.187. The van der Waals surface area contributed by atoms with E-state index in [-0.39, 0.29) is 0 Å². The van der Waals surface area contributed by atoms with E-state index in [1.807, 2.05) is 30.3 Å². The number of hydrogen-bond acceptors (Lipinski definition) is 7. The Morgan fingerprint density at radius 2 is 1.65 bits per heavy atom. The molecule has 2 heterocycles. The molecule has 0 saturated carbocycles. The highest BCUT2D eigenvalue weighted by molar-refractivity contribution is 7.92. The van der Waals surface area contributed by atoms with Crippen molar-refractivity contribution in [3.8, 4) is 17.0 Å². The number of nitrogens with zero attached hydrogens (tertiary/aromatic N) is 3. The van der Waals surface area contributed by atoms with Crippen molar-refractivity contribution in [2.45, 2.75) is 24.2 Å². The topological polar surface area (TPSA) is 96.5 Å². The van der Waals surface area contributed by atoms with Crippen LogP contribution in [0.5, 0.6) is 5.75 Å². The van der Waals surface area contributed by atoms with Crippen LogP contribution in [0.15, 0.2) is 90.1 Å². The van der Waals surface area contributed by atoms with Crippen LogP contribution < -0.4 is 14.8 Å². The molecule has 40 heavy (non-hydrogen) atoms. The Bertz CT molecular complexity index is 1520. The molecule has 1 aromatic heterocycles. The van der Waals surface area contributed by atoms with Crippen LogP contribution in [0.25, 0.3) is 11.3 Å². The number of aromatic nitrogens is 2. The molecule has 8 nitrogen and oxygen atoms in total. The summed E-state index contributed by atoms with van der Waals surface area (Å²) in [6.07, 6.45) is 5.04. The molecule has 1 fully saturated rings. The Hall–Kier alpha value is -4.02. The van der Waals surface area contributed by atoms with E-state index < -0.39 is 20.7 Å². The molecular weight excluding hydrogens is 529 g/mol. The predicted molar refractivity (Wildman–Crippen MR) is 155 cm³/mol. The molecule has 0 radical (unpaired) electrons. The van der Waals surface area contributed by atoms with Crippen molar-refractivity contribution in [2.24, 2.45) is 5.92 Å². The Morgan fingerprint density at radius 3 is 2.38 bits per heavy atom. The van der Waals surface area contributed by atoms with Gasteiger partial charge in [-0.1, -0.05) is 12.1 Å². The highest BCUT2D eigenvalue weighted by Gasteiger charge is 2.19. The SMILES string of the molecule is CN1CCC(CCOc2ccc(-c3cc(Nc4ccc(NS(=O)(=O)c5ccccc5F)cc4)ncn3)cc2)CC1. The fraction of sp³-hybridized carbons (Fsp3) is 0.267. The minimum atomic E-state index is -4.04. The summed E-state index contributed by atoms with van der Waals surface area (Å²) in [6.45, 7) is 3.05. The highest BCUT2D eigenvalue weighted by Crippen LogP contribution is 2.26. The second-order valence-electron chi connectivity index (χ2n) is 9.93. The van der Waals surface area contributed by atoms with Gasteiger partial charge in [0.2, 0.25) is 0 Å². The van der Waals surface area contributed by atoms with Crippen molar-refractivity contribution in [3.05, 3.63) is 91.0 Å². The van der Waals surface area contributed by atoms with Gasteiger partial charge in [0, 0.05) is 23.0 Å². The van der Waals surface area contributed by atoms with Gasteiger partial charge < -0.3 is 15.0 Å². The molecule has 0 bridgehead atoms. The van der Waals surface area contributed by atoms with Gasteiger partial charge in [-0.15, -0.1) is 0 Å². The van der Waals surface area contributed by atoms with Gasteiger partial charge in [0.05, 0.1) is 12.3 Å². The first-order chi connectivity index (χ1) is 19.4. The molecule has 3 aromatic carbocycles. The van der Waals surface area contributed by atoms with Gasteiger partial charge in [-0.2, -0.15) is 0 Å². The summed E-state index contributed by atoms with van der Waals surface area (Å²) in [5.74, 6) is 1.36. The van der Waals surface area contributed by atoms with Crippen molar-refractivity contribution in [3.63, 3.8) is 0 Å².